The Bertz CT molecular complexity index is 1350. The summed E-state index contributed by atoms with van der Waals surface area (Å²) in [5.41, 5.74) is 0. The SMILES string of the molecule is CC/C=C\C/C=C\C/C=C\C/C=C\C/C=C\CCCCCC(=O)OC(COCCC(C(=O)[O-])[N+](C)(C)C)COC(=O)CCCCCCCCCCCCC/C=C\C/C=C\CCCCCCC. The lowest BCUT2D eigenvalue weighted by molar-refractivity contribution is -0.889. The van der Waals surface area contributed by atoms with Crippen molar-refractivity contribution in [3.63, 3.8) is 0 Å². The third-order valence-corrected chi connectivity index (χ3v) is 11.5. The second-order valence-electron chi connectivity index (χ2n) is 18.7. The zero-order valence-corrected chi connectivity index (χ0v) is 43.1. The number of rotatable bonds is 47. The number of hydrogen-bond acceptors (Lipinski definition) is 7. The third-order valence-electron chi connectivity index (χ3n) is 11.5. The normalized spacial score (nSPS) is 13.5. The van der Waals surface area contributed by atoms with Crippen LogP contribution in [0.3, 0.4) is 0 Å². The van der Waals surface area contributed by atoms with Crippen LogP contribution in [0.15, 0.2) is 85.1 Å². The minimum atomic E-state index is -1.13. The second kappa shape index (κ2) is 48.0. The number of hydrogen-bond donors (Lipinski definition) is 0. The average molecular weight is 922 g/mol. The van der Waals surface area contributed by atoms with Gasteiger partial charge in [-0.1, -0.05) is 189 Å². The Balaban J connectivity index is 4.28. The van der Waals surface area contributed by atoms with E-state index in [0.717, 1.165) is 77.0 Å². The summed E-state index contributed by atoms with van der Waals surface area (Å²) in [5.74, 6) is -1.78. The van der Waals surface area contributed by atoms with Crippen molar-refractivity contribution in [3.05, 3.63) is 85.1 Å². The van der Waals surface area contributed by atoms with Crippen LogP contribution in [0, 0.1) is 0 Å². The molecular formula is C58H99NO7. The number of aliphatic carboxylic acids is 1. The summed E-state index contributed by atoms with van der Waals surface area (Å²) in [6.45, 7) is 4.51. The zero-order chi connectivity index (χ0) is 48.4. The molecule has 0 aromatic heterocycles. The monoisotopic (exact) mass is 922 g/mol. The van der Waals surface area contributed by atoms with Gasteiger partial charge in [0.05, 0.1) is 40.3 Å². The molecule has 0 aromatic carbocycles. The van der Waals surface area contributed by atoms with E-state index < -0.39 is 18.1 Å². The number of ether oxygens (including phenoxy) is 3. The fraction of sp³-hybridized carbons (Fsp3) is 0.707. The number of nitrogens with zero attached hydrogens (tertiary/aromatic N) is 1. The molecule has 0 aliphatic rings. The van der Waals surface area contributed by atoms with E-state index in [1.807, 2.05) is 0 Å². The van der Waals surface area contributed by atoms with Crippen LogP contribution in [-0.2, 0) is 28.6 Å². The van der Waals surface area contributed by atoms with Gasteiger partial charge in [-0.2, -0.15) is 0 Å². The minimum absolute atomic E-state index is 0.0226. The summed E-state index contributed by atoms with van der Waals surface area (Å²) >= 11 is 0. The number of carboxylic acids is 1. The molecule has 0 bridgehead atoms. The summed E-state index contributed by atoms with van der Waals surface area (Å²) in [5, 5.41) is 11.7. The van der Waals surface area contributed by atoms with Crippen LogP contribution in [0.2, 0.25) is 0 Å². The maximum Gasteiger partial charge on any atom is 0.306 e. The Labute approximate surface area is 405 Å². The van der Waals surface area contributed by atoms with Gasteiger partial charge in [-0.3, -0.25) is 9.59 Å². The molecule has 0 saturated heterocycles. The highest BCUT2D eigenvalue weighted by Gasteiger charge is 2.25. The van der Waals surface area contributed by atoms with Gasteiger partial charge < -0.3 is 28.6 Å². The summed E-state index contributed by atoms with van der Waals surface area (Å²) in [6.07, 6.45) is 63.3. The molecule has 0 heterocycles. The fourth-order valence-corrected chi connectivity index (χ4v) is 7.42. The van der Waals surface area contributed by atoms with E-state index in [1.54, 1.807) is 21.1 Å². The molecule has 8 nitrogen and oxygen atoms in total. The third kappa shape index (κ3) is 45.7. The second-order valence-corrected chi connectivity index (χ2v) is 18.7. The first-order valence-corrected chi connectivity index (χ1v) is 26.6. The van der Waals surface area contributed by atoms with Crippen LogP contribution in [0.5, 0.6) is 0 Å². The highest BCUT2D eigenvalue weighted by molar-refractivity contribution is 5.70. The van der Waals surface area contributed by atoms with Crippen molar-refractivity contribution in [2.45, 2.75) is 225 Å². The average Bonchev–Trinajstić information content (AvgIpc) is 3.28. The predicted molar refractivity (Wildman–Crippen MR) is 277 cm³/mol. The number of allylic oxidation sites excluding steroid dienone is 14. The van der Waals surface area contributed by atoms with E-state index >= 15 is 0 Å². The van der Waals surface area contributed by atoms with E-state index in [9.17, 15) is 19.5 Å². The first kappa shape index (κ1) is 62.5. The molecule has 8 heteroatoms. The standard InChI is InChI=1S/C58H99NO7/c1-6-8-10-12-14-16-18-20-22-24-26-27-28-29-31-32-34-36-38-40-42-44-46-48-56(60)65-53-54(52-64-51-50-55(58(62)63)59(3,4)5)66-57(61)49-47-45-43-41-39-37-35-33-30-25-23-21-19-17-15-13-11-9-7-2/h9,11,15,17-18,20-21,23-24,26,30,33,37,39,54-55H,6-8,10,12-14,16,19,22,25,27-29,31-32,34-36,38,40-53H2,1-5H3/b11-9-,17-15-,20-18-,23-21-,26-24-,33-30-,39-37-. The van der Waals surface area contributed by atoms with Gasteiger partial charge >= 0.3 is 11.9 Å². The summed E-state index contributed by atoms with van der Waals surface area (Å²) in [4.78, 5) is 37.1. The molecule has 378 valence electrons. The molecule has 2 unspecified atom stereocenters. The van der Waals surface area contributed by atoms with E-state index in [-0.39, 0.29) is 49.1 Å². The number of carbonyl (C=O) groups excluding carboxylic acids is 3. The van der Waals surface area contributed by atoms with Crippen LogP contribution in [-0.4, -0.2) is 75.5 Å². The topological polar surface area (TPSA) is 102 Å². The van der Waals surface area contributed by atoms with Gasteiger partial charge in [0, 0.05) is 19.3 Å². The highest BCUT2D eigenvalue weighted by atomic mass is 16.6. The maximum absolute atomic E-state index is 12.8. The summed E-state index contributed by atoms with van der Waals surface area (Å²) in [7, 11) is 5.40. The van der Waals surface area contributed by atoms with Gasteiger partial charge in [0.15, 0.2) is 6.10 Å². The lowest BCUT2D eigenvalue weighted by atomic mass is 10.0. The van der Waals surface area contributed by atoms with Gasteiger partial charge in [-0.25, -0.2) is 0 Å². The number of carbonyl (C=O) groups is 3. The molecule has 0 saturated carbocycles. The molecule has 0 aliphatic carbocycles. The number of unbranched alkanes of at least 4 members (excludes halogenated alkanes) is 19. The van der Waals surface area contributed by atoms with Crippen LogP contribution in [0.1, 0.15) is 213 Å². The van der Waals surface area contributed by atoms with Crippen molar-refractivity contribution in [2.75, 3.05) is 41.0 Å². The van der Waals surface area contributed by atoms with Crippen LogP contribution in [0.25, 0.3) is 0 Å². The van der Waals surface area contributed by atoms with Crippen molar-refractivity contribution < 1.29 is 38.2 Å². The van der Waals surface area contributed by atoms with Crippen LogP contribution in [0.4, 0.5) is 0 Å². The van der Waals surface area contributed by atoms with Gasteiger partial charge in [0.25, 0.3) is 0 Å². The minimum Gasteiger partial charge on any atom is -0.544 e. The van der Waals surface area contributed by atoms with Gasteiger partial charge in [-0.05, 0) is 89.9 Å². The molecular weight excluding hydrogens is 823 g/mol. The van der Waals surface area contributed by atoms with E-state index in [0.29, 0.717) is 12.8 Å². The van der Waals surface area contributed by atoms with Crippen molar-refractivity contribution in [3.8, 4) is 0 Å². The largest absolute Gasteiger partial charge is 0.544 e. The Morgan fingerprint density at radius 3 is 1.27 bits per heavy atom. The van der Waals surface area contributed by atoms with Crippen LogP contribution < -0.4 is 5.11 Å². The molecule has 0 amide bonds. The molecule has 0 rings (SSSR count). The maximum atomic E-state index is 12.8. The molecule has 2 atom stereocenters. The molecule has 0 fully saturated rings. The van der Waals surface area contributed by atoms with E-state index in [2.05, 4.69) is 98.9 Å². The van der Waals surface area contributed by atoms with E-state index in [1.165, 1.54) is 96.3 Å². The Morgan fingerprint density at radius 1 is 0.470 bits per heavy atom. The summed E-state index contributed by atoms with van der Waals surface area (Å²) < 4.78 is 17.2. The lowest BCUT2D eigenvalue weighted by Gasteiger charge is -2.34. The number of esters is 2. The van der Waals surface area contributed by atoms with Crippen molar-refractivity contribution >= 4 is 17.9 Å². The fourth-order valence-electron chi connectivity index (χ4n) is 7.42. The molecule has 0 spiro atoms. The Hall–Kier alpha value is -3.49. The molecule has 0 radical (unpaired) electrons. The number of quaternary nitrogens is 1. The predicted octanol–water partition coefficient (Wildman–Crippen LogP) is 14.3. The first-order chi connectivity index (χ1) is 32.1. The number of carboxylic acid groups (broad SMARTS) is 1. The van der Waals surface area contributed by atoms with Crippen LogP contribution >= 0.6 is 0 Å². The van der Waals surface area contributed by atoms with E-state index in [4.69, 9.17) is 14.2 Å². The highest BCUT2D eigenvalue weighted by Crippen LogP contribution is 2.15. The van der Waals surface area contributed by atoms with Crippen molar-refractivity contribution in [2.24, 2.45) is 0 Å². The first-order valence-electron chi connectivity index (χ1n) is 26.6. The van der Waals surface area contributed by atoms with Crippen molar-refractivity contribution in [1.29, 1.82) is 0 Å². The quantitative estimate of drug-likeness (QED) is 0.0259. The van der Waals surface area contributed by atoms with Gasteiger partial charge in [0.1, 0.15) is 12.6 Å². The van der Waals surface area contributed by atoms with Gasteiger partial charge in [0.2, 0.25) is 0 Å². The molecule has 0 N–H and O–H groups in total. The zero-order valence-electron chi connectivity index (χ0n) is 43.1. The van der Waals surface area contributed by atoms with Gasteiger partial charge in [-0.15, -0.1) is 0 Å². The summed E-state index contributed by atoms with van der Waals surface area (Å²) in [6, 6.07) is -0.737. The smallest absolute Gasteiger partial charge is 0.306 e. The molecule has 0 aromatic rings. The molecule has 66 heavy (non-hydrogen) atoms. The number of likely N-dealkylation sites (N-methyl/N-ethyl adjacent to an activating group) is 1. The Kier molecular flexibility index (Phi) is 45.4. The lowest BCUT2D eigenvalue weighted by Crippen LogP contribution is -2.55. The Morgan fingerprint density at radius 2 is 0.848 bits per heavy atom. The van der Waals surface area contributed by atoms with Crippen molar-refractivity contribution in [1.82, 2.24) is 0 Å². The molecule has 0 aliphatic heterocycles.